The molecule has 0 amide bonds. The van der Waals surface area contributed by atoms with Crippen molar-refractivity contribution in [1.29, 1.82) is 0 Å². The van der Waals surface area contributed by atoms with Gasteiger partial charge < -0.3 is 10.0 Å². The highest BCUT2D eigenvalue weighted by Gasteiger charge is 2.33. The molecule has 0 aromatic heterocycles. The molecule has 1 aliphatic heterocycles. The van der Waals surface area contributed by atoms with Crippen LogP contribution in [0.1, 0.15) is 26.3 Å². The molecule has 23 heavy (non-hydrogen) atoms. The summed E-state index contributed by atoms with van der Waals surface area (Å²) in [6.07, 6.45) is -0.424. The molecular weight excluding hydrogens is 314 g/mol. The molecule has 1 aromatic rings. The number of nitro groups is 1. The molecular formula is C16H23N3O3S. The fraction of sp³-hybridized carbons (Fsp3) is 0.562. The molecule has 7 heteroatoms. The molecule has 0 radical (unpaired) electrons. The molecule has 1 unspecified atom stereocenters. The summed E-state index contributed by atoms with van der Waals surface area (Å²) in [4.78, 5) is 17.3. The third-order valence-electron chi connectivity index (χ3n) is 3.76. The van der Waals surface area contributed by atoms with E-state index in [0.717, 1.165) is 28.7 Å². The van der Waals surface area contributed by atoms with Gasteiger partial charge in [-0.2, -0.15) is 0 Å². The van der Waals surface area contributed by atoms with Crippen molar-refractivity contribution in [1.82, 2.24) is 4.90 Å². The molecule has 6 nitrogen and oxygen atoms in total. The van der Waals surface area contributed by atoms with E-state index in [0.29, 0.717) is 5.92 Å². The number of nitrogens with zero attached hydrogens (tertiary/aromatic N) is 3. The van der Waals surface area contributed by atoms with Gasteiger partial charge in [0.1, 0.15) is 0 Å². The summed E-state index contributed by atoms with van der Waals surface area (Å²) < 4.78 is 0. The van der Waals surface area contributed by atoms with Crippen LogP contribution < -0.4 is 0 Å². The Bertz CT molecular complexity index is 617. The van der Waals surface area contributed by atoms with Gasteiger partial charge in [-0.15, -0.1) is 0 Å². The number of aliphatic imine (C=N–C) groups is 1. The van der Waals surface area contributed by atoms with Crippen molar-refractivity contribution < 1.29 is 10.0 Å². The quantitative estimate of drug-likeness (QED) is 0.658. The van der Waals surface area contributed by atoms with Gasteiger partial charge in [0.2, 0.25) is 0 Å². The first-order chi connectivity index (χ1) is 10.8. The summed E-state index contributed by atoms with van der Waals surface area (Å²) in [5.41, 5.74) is 1.59. The van der Waals surface area contributed by atoms with Crippen LogP contribution in [0, 0.1) is 23.0 Å². The standard InChI is InChI=1S/C16H23N3O3S/c1-10(2)8-18-15(12(4)20)9-23-16(18)17-14-6-5-13(19(21)22)7-11(14)3/h5-7,10,12,15,20H,8-9H2,1-4H3/t12?,15-/m1/s1. The summed E-state index contributed by atoms with van der Waals surface area (Å²) in [7, 11) is 0. The lowest BCUT2D eigenvalue weighted by Crippen LogP contribution is -2.43. The number of hydrogen-bond acceptors (Lipinski definition) is 5. The van der Waals surface area contributed by atoms with E-state index in [1.807, 2.05) is 6.92 Å². The molecule has 1 fully saturated rings. The summed E-state index contributed by atoms with van der Waals surface area (Å²) in [5, 5.41) is 21.7. The molecule has 2 rings (SSSR count). The fourth-order valence-corrected chi connectivity index (χ4v) is 3.88. The molecule has 1 aliphatic rings. The average molecular weight is 337 g/mol. The molecule has 0 spiro atoms. The zero-order chi connectivity index (χ0) is 17.1. The number of rotatable bonds is 5. The highest BCUT2D eigenvalue weighted by molar-refractivity contribution is 8.14. The molecule has 1 saturated heterocycles. The van der Waals surface area contributed by atoms with E-state index in [4.69, 9.17) is 4.99 Å². The number of aryl methyl sites for hydroxylation is 1. The van der Waals surface area contributed by atoms with Gasteiger partial charge in [-0.25, -0.2) is 4.99 Å². The summed E-state index contributed by atoms with van der Waals surface area (Å²) in [5.74, 6) is 1.26. The number of hydrogen-bond donors (Lipinski definition) is 1. The van der Waals surface area contributed by atoms with Crippen LogP contribution in [0.2, 0.25) is 0 Å². The van der Waals surface area contributed by atoms with E-state index in [-0.39, 0.29) is 11.7 Å². The van der Waals surface area contributed by atoms with Gasteiger partial charge in [0, 0.05) is 24.4 Å². The first-order valence-electron chi connectivity index (χ1n) is 7.70. The van der Waals surface area contributed by atoms with Crippen LogP contribution in [0.5, 0.6) is 0 Å². The Labute approximate surface area is 140 Å². The van der Waals surface area contributed by atoms with Crippen molar-refractivity contribution in [2.75, 3.05) is 12.3 Å². The Morgan fingerprint density at radius 3 is 2.70 bits per heavy atom. The van der Waals surface area contributed by atoms with E-state index < -0.39 is 11.0 Å². The largest absolute Gasteiger partial charge is 0.391 e. The maximum Gasteiger partial charge on any atom is 0.269 e. The molecule has 126 valence electrons. The second kappa shape index (κ2) is 7.31. The number of aliphatic hydroxyl groups is 1. The summed E-state index contributed by atoms with van der Waals surface area (Å²) in [6, 6.07) is 4.76. The van der Waals surface area contributed by atoms with Crippen LogP contribution in [-0.2, 0) is 0 Å². The van der Waals surface area contributed by atoms with Gasteiger partial charge in [0.25, 0.3) is 5.69 Å². The predicted molar refractivity (Wildman–Crippen MR) is 94.4 cm³/mol. The number of amidine groups is 1. The Hall–Kier alpha value is -1.60. The Kier molecular flexibility index (Phi) is 5.64. The van der Waals surface area contributed by atoms with Crippen molar-refractivity contribution in [3.63, 3.8) is 0 Å². The van der Waals surface area contributed by atoms with Crippen LogP contribution in [0.25, 0.3) is 0 Å². The lowest BCUT2D eigenvalue weighted by atomic mass is 10.1. The third-order valence-corrected chi connectivity index (χ3v) is 4.85. The highest BCUT2D eigenvalue weighted by atomic mass is 32.2. The Balaban J connectivity index is 2.31. The van der Waals surface area contributed by atoms with Crippen molar-refractivity contribution in [2.24, 2.45) is 10.9 Å². The first-order valence-corrected chi connectivity index (χ1v) is 8.69. The van der Waals surface area contributed by atoms with Gasteiger partial charge in [0.05, 0.1) is 22.8 Å². The number of thioether (sulfide) groups is 1. The van der Waals surface area contributed by atoms with Crippen LogP contribution in [0.15, 0.2) is 23.2 Å². The van der Waals surface area contributed by atoms with Gasteiger partial charge in [0.15, 0.2) is 5.17 Å². The predicted octanol–water partition coefficient (Wildman–Crippen LogP) is 3.34. The van der Waals surface area contributed by atoms with Crippen LogP contribution >= 0.6 is 11.8 Å². The minimum atomic E-state index is -0.424. The number of aliphatic hydroxyl groups excluding tert-OH is 1. The zero-order valence-electron chi connectivity index (χ0n) is 13.9. The van der Waals surface area contributed by atoms with Gasteiger partial charge >= 0.3 is 0 Å². The molecule has 0 saturated carbocycles. The second-order valence-corrected chi connectivity index (χ2v) is 7.27. The van der Waals surface area contributed by atoms with E-state index >= 15 is 0 Å². The molecule has 1 N–H and O–H groups in total. The normalized spacial score (nSPS) is 21.2. The third kappa shape index (κ3) is 4.23. The summed E-state index contributed by atoms with van der Waals surface area (Å²) in [6.45, 7) is 8.73. The van der Waals surface area contributed by atoms with Gasteiger partial charge in [-0.05, 0) is 31.4 Å². The van der Waals surface area contributed by atoms with E-state index in [1.165, 1.54) is 12.1 Å². The van der Waals surface area contributed by atoms with Gasteiger partial charge in [-0.1, -0.05) is 25.6 Å². The van der Waals surface area contributed by atoms with E-state index in [9.17, 15) is 15.2 Å². The van der Waals surface area contributed by atoms with Crippen LogP contribution in [-0.4, -0.2) is 44.5 Å². The molecule has 2 atom stereocenters. The maximum absolute atomic E-state index is 10.8. The number of non-ortho nitro benzene ring substituents is 1. The minimum Gasteiger partial charge on any atom is -0.391 e. The van der Waals surface area contributed by atoms with Crippen molar-refractivity contribution in [2.45, 2.75) is 39.8 Å². The molecule has 0 bridgehead atoms. The Morgan fingerprint density at radius 1 is 1.48 bits per heavy atom. The smallest absolute Gasteiger partial charge is 0.269 e. The van der Waals surface area contributed by atoms with Crippen LogP contribution in [0.4, 0.5) is 11.4 Å². The first kappa shape index (κ1) is 17.7. The maximum atomic E-state index is 10.8. The van der Waals surface area contributed by atoms with E-state index in [1.54, 1.807) is 24.8 Å². The minimum absolute atomic E-state index is 0.0551. The fourth-order valence-electron chi connectivity index (χ4n) is 2.56. The number of benzene rings is 1. The van der Waals surface area contributed by atoms with Crippen molar-refractivity contribution >= 4 is 28.3 Å². The van der Waals surface area contributed by atoms with Gasteiger partial charge in [-0.3, -0.25) is 10.1 Å². The molecule has 1 heterocycles. The van der Waals surface area contributed by atoms with E-state index in [2.05, 4.69) is 18.7 Å². The lowest BCUT2D eigenvalue weighted by Gasteiger charge is -2.29. The molecule has 1 aromatic carbocycles. The summed E-state index contributed by atoms with van der Waals surface area (Å²) >= 11 is 1.62. The lowest BCUT2D eigenvalue weighted by molar-refractivity contribution is -0.384. The Morgan fingerprint density at radius 2 is 2.17 bits per heavy atom. The SMILES string of the molecule is Cc1cc([N+](=O)[O-])ccc1N=C1SC[C@H](C(C)O)N1CC(C)C. The highest BCUT2D eigenvalue weighted by Crippen LogP contribution is 2.31. The monoisotopic (exact) mass is 337 g/mol. The van der Waals surface area contributed by atoms with Crippen molar-refractivity contribution in [3.8, 4) is 0 Å². The number of nitro benzene ring substituents is 1. The van der Waals surface area contributed by atoms with Crippen LogP contribution in [0.3, 0.4) is 0 Å². The zero-order valence-corrected chi connectivity index (χ0v) is 14.7. The molecule has 0 aliphatic carbocycles. The average Bonchev–Trinajstić information content (AvgIpc) is 2.83. The topological polar surface area (TPSA) is 79.0 Å². The van der Waals surface area contributed by atoms with Crippen molar-refractivity contribution in [3.05, 3.63) is 33.9 Å². The second-order valence-electron chi connectivity index (χ2n) is 6.29.